The minimum Gasteiger partial charge on any atom is -0.406 e. The van der Waals surface area contributed by atoms with Gasteiger partial charge >= 0.3 is 5.69 Å². The first-order valence-corrected chi connectivity index (χ1v) is 16.6. The number of ether oxygens (including phenoxy) is 1. The molecule has 2 N–H and O–H groups in total. The third kappa shape index (κ3) is 4.76. The van der Waals surface area contributed by atoms with Crippen molar-refractivity contribution < 1.29 is 21.8 Å². The van der Waals surface area contributed by atoms with Crippen LogP contribution in [0.15, 0.2) is 26.9 Å². The maximum atomic E-state index is 13.3. The van der Waals surface area contributed by atoms with Crippen molar-refractivity contribution in [3.8, 4) is 0 Å². The molecule has 1 saturated heterocycles. The van der Waals surface area contributed by atoms with Gasteiger partial charge in [0.15, 0.2) is 20.1 Å². The lowest BCUT2D eigenvalue weighted by Crippen LogP contribution is -2.59. The first-order valence-electron chi connectivity index (χ1n) is 12.2. The van der Waals surface area contributed by atoms with E-state index in [1.54, 1.807) is 6.92 Å². The normalized spacial score (nSPS) is 28.3. The molecule has 204 valence electrons. The zero-order valence-corrected chi connectivity index (χ0v) is 24.5. The Bertz CT molecular complexity index is 1260. The van der Waals surface area contributed by atoms with E-state index < -0.39 is 53.7 Å². The van der Waals surface area contributed by atoms with Crippen molar-refractivity contribution in [2.24, 2.45) is 12.8 Å². The first-order chi connectivity index (χ1) is 16.4. The van der Waals surface area contributed by atoms with Gasteiger partial charge in [0.2, 0.25) is 0 Å². The summed E-state index contributed by atoms with van der Waals surface area (Å²) in [5.74, 6) is 0. The average molecular weight is 545 g/mol. The fourth-order valence-corrected chi connectivity index (χ4v) is 6.98. The van der Waals surface area contributed by atoms with Crippen LogP contribution in [0.3, 0.4) is 0 Å². The van der Waals surface area contributed by atoms with E-state index in [0.717, 1.165) is 9.98 Å². The molecular weight excluding hydrogens is 504 g/mol. The van der Waals surface area contributed by atoms with Crippen LogP contribution in [0.5, 0.6) is 0 Å². The molecule has 0 radical (unpaired) electrons. The van der Waals surface area contributed by atoms with Crippen molar-refractivity contribution in [3.05, 3.63) is 43.7 Å². The molecule has 4 atom stereocenters. The van der Waals surface area contributed by atoms with E-state index in [1.165, 1.54) is 17.8 Å². The first kappa shape index (κ1) is 28.8. The van der Waals surface area contributed by atoms with Gasteiger partial charge in [-0.3, -0.25) is 13.9 Å². The Kier molecular flexibility index (Phi) is 7.61. The summed E-state index contributed by atoms with van der Waals surface area (Å²) in [5.41, 5.74) is 4.02. The predicted molar refractivity (Wildman–Crippen MR) is 139 cm³/mol. The van der Waals surface area contributed by atoms with E-state index >= 15 is 0 Å². The molecule has 1 spiro atoms. The molecule has 11 nitrogen and oxygen atoms in total. The zero-order valence-electron chi connectivity index (χ0n) is 22.7. The number of nitrogens with zero attached hydrogens (tertiary/aromatic N) is 3. The predicted octanol–water partition coefficient (Wildman–Crippen LogP) is 1.38. The molecule has 13 heteroatoms. The Morgan fingerprint density at radius 2 is 1.81 bits per heavy atom. The van der Waals surface area contributed by atoms with Gasteiger partial charge in [-0.2, -0.15) is 8.42 Å². The number of aromatic nitrogens is 2. The average Bonchev–Trinajstić information content (AvgIpc) is 3.18. The number of rotatable bonds is 7. The Balaban J connectivity index is 2.30. The largest absolute Gasteiger partial charge is 0.406 e. The molecule has 1 unspecified atom stereocenters. The highest BCUT2D eigenvalue weighted by Crippen LogP contribution is 2.51. The van der Waals surface area contributed by atoms with E-state index in [-0.39, 0.29) is 10.7 Å². The molecule has 3 rings (SSSR count). The second-order valence-corrected chi connectivity index (χ2v) is 17.3. The highest BCUT2D eigenvalue weighted by Gasteiger charge is 2.67. The monoisotopic (exact) mass is 544 g/mol. The molecule has 36 heavy (non-hydrogen) atoms. The van der Waals surface area contributed by atoms with Crippen LogP contribution in [-0.2, 0) is 30.5 Å². The number of nitrogens with two attached hydrogens (primary N) is 1. The summed E-state index contributed by atoms with van der Waals surface area (Å²) in [7, 11) is -5.33. The van der Waals surface area contributed by atoms with Crippen molar-refractivity contribution in [2.45, 2.75) is 83.7 Å². The molecule has 1 aromatic heterocycles. The fraction of sp³-hybridized carbons (Fsp3) is 0.739. The van der Waals surface area contributed by atoms with Crippen molar-refractivity contribution in [3.63, 3.8) is 0 Å². The van der Waals surface area contributed by atoms with Gasteiger partial charge in [-0.15, -0.1) is 0 Å². The quantitative estimate of drug-likeness (QED) is 0.399. The van der Waals surface area contributed by atoms with Crippen LogP contribution in [0.4, 0.5) is 0 Å². The van der Waals surface area contributed by atoms with Crippen molar-refractivity contribution >= 4 is 18.4 Å². The van der Waals surface area contributed by atoms with E-state index in [4.69, 9.17) is 19.1 Å². The van der Waals surface area contributed by atoms with Gasteiger partial charge in [0.05, 0.1) is 11.1 Å². The number of aryl methyl sites for hydroxylation is 1. The maximum Gasteiger partial charge on any atom is 0.332 e. The number of likely N-dealkylation sites (N-methyl/N-ethyl adjacent to an activating group) is 1. The molecule has 1 fully saturated rings. The Morgan fingerprint density at radius 3 is 2.28 bits per heavy atom. The van der Waals surface area contributed by atoms with Gasteiger partial charge in [0.25, 0.3) is 15.7 Å². The van der Waals surface area contributed by atoms with Crippen molar-refractivity contribution in [1.82, 2.24) is 14.0 Å². The lowest BCUT2D eigenvalue weighted by molar-refractivity contribution is -0.0492. The SMILES string of the molecule is CCN(CC)C[C@H]1O[C@@H](n2cc(C)c(=O)n(C)c2=O)[C@H](O[Si](C)(C)C(C)(C)C)C12OS(=O)(=O)C=C2N. The Morgan fingerprint density at radius 1 is 1.22 bits per heavy atom. The summed E-state index contributed by atoms with van der Waals surface area (Å²) in [6.45, 7) is 17.4. The van der Waals surface area contributed by atoms with Gasteiger partial charge in [0, 0.05) is 25.4 Å². The highest BCUT2D eigenvalue weighted by atomic mass is 32.2. The molecule has 2 aliphatic rings. The molecule has 3 heterocycles. The molecular formula is C23H40N4O7SSi. The summed E-state index contributed by atoms with van der Waals surface area (Å²) in [6, 6.07) is 0. The second kappa shape index (κ2) is 9.51. The van der Waals surface area contributed by atoms with Gasteiger partial charge in [0.1, 0.15) is 12.2 Å². The Labute approximate surface area is 214 Å². The lowest BCUT2D eigenvalue weighted by atomic mass is 9.88. The molecule has 2 aliphatic heterocycles. The summed E-state index contributed by atoms with van der Waals surface area (Å²) in [4.78, 5) is 27.8. The van der Waals surface area contributed by atoms with E-state index in [0.29, 0.717) is 25.2 Å². The van der Waals surface area contributed by atoms with E-state index in [9.17, 15) is 18.0 Å². The van der Waals surface area contributed by atoms with Crippen LogP contribution in [0.2, 0.25) is 18.1 Å². The van der Waals surface area contributed by atoms with Crippen LogP contribution in [0, 0.1) is 6.92 Å². The molecule has 0 aromatic carbocycles. The van der Waals surface area contributed by atoms with Gasteiger partial charge in [-0.05, 0) is 38.1 Å². The van der Waals surface area contributed by atoms with Crippen LogP contribution in [0.1, 0.15) is 46.4 Å². The third-order valence-electron chi connectivity index (χ3n) is 7.74. The lowest BCUT2D eigenvalue weighted by Gasteiger charge is -2.43. The van der Waals surface area contributed by atoms with Crippen LogP contribution >= 0.6 is 0 Å². The third-order valence-corrected chi connectivity index (χ3v) is 13.2. The van der Waals surface area contributed by atoms with E-state index in [1.807, 2.05) is 26.9 Å². The molecule has 0 amide bonds. The molecule has 0 saturated carbocycles. The van der Waals surface area contributed by atoms with Crippen LogP contribution in [0.25, 0.3) is 0 Å². The topological polar surface area (TPSA) is 135 Å². The summed E-state index contributed by atoms with van der Waals surface area (Å²) in [5, 5.41) is 0.654. The molecule has 0 aliphatic carbocycles. The minimum absolute atomic E-state index is 0.0274. The maximum absolute atomic E-state index is 13.3. The van der Waals surface area contributed by atoms with Crippen molar-refractivity contribution in [2.75, 3.05) is 19.6 Å². The summed E-state index contributed by atoms with van der Waals surface area (Å²) in [6.07, 6.45) is -1.59. The zero-order chi connectivity index (χ0) is 27.4. The second-order valence-electron chi connectivity index (χ2n) is 11.1. The Hall–Kier alpha value is -1.77. The fourth-order valence-electron chi connectivity index (χ4n) is 4.47. The van der Waals surface area contributed by atoms with Crippen LogP contribution in [-0.4, -0.2) is 68.2 Å². The summed E-state index contributed by atoms with van der Waals surface area (Å²) < 4.78 is 46.8. The highest BCUT2D eigenvalue weighted by molar-refractivity contribution is 7.90. The number of hydrogen-bond acceptors (Lipinski definition) is 9. The van der Waals surface area contributed by atoms with Crippen molar-refractivity contribution in [1.29, 1.82) is 0 Å². The molecule has 0 bridgehead atoms. The summed E-state index contributed by atoms with van der Waals surface area (Å²) >= 11 is 0. The van der Waals surface area contributed by atoms with Gasteiger partial charge in [-0.25, -0.2) is 8.98 Å². The minimum atomic E-state index is -4.12. The van der Waals surface area contributed by atoms with Crippen LogP contribution < -0.4 is 17.0 Å². The molecule has 1 aromatic rings. The smallest absolute Gasteiger partial charge is 0.332 e. The standard InChI is InChI=1S/C23H40N4O7SSi/c1-10-26(11-2)13-17-23(16(24)14-35(30,31)34-23)18(33-36(8,9)22(4,5)6)20(32-17)27-12-15(3)19(28)25(7)21(27)29/h12,14,17-18,20H,10-11,13,24H2,1-9H3/t17-,18+,20-,23?/m1/s1. The van der Waals surface area contributed by atoms with E-state index in [2.05, 4.69) is 25.7 Å². The van der Waals surface area contributed by atoms with Gasteiger partial charge < -0.3 is 19.8 Å². The van der Waals surface area contributed by atoms with Gasteiger partial charge in [-0.1, -0.05) is 34.6 Å². The number of hydrogen-bond donors (Lipinski definition) is 1.